The number of hydrogen-bond donors (Lipinski definition) is 1. The third-order valence-corrected chi connectivity index (χ3v) is 3.86. The Balaban J connectivity index is 2.00. The first-order valence-electron chi connectivity index (χ1n) is 6.63. The fourth-order valence-corrected chi connectivity index (χ4v) is 2.78. The number of nitrogens with zero attached hydrogens (tertiary/aromatic N) is 2. The van der Waals surface area contributed by atoms with Gasteiger partial charge in [0.05, 0.1) is 16.3 Å². The molecule has 3 nitrogen and oxygen atoms in total. The van der Waals surface area contributed by atoms with Gasteiger partial charge in [0.2, 0.25) is 0 Å². The number of hydrogen-bond acceptors (Lipinski definition) is 3. The molecule has 1 aliphatic rings. The number of anilines is 2. The molecule has 1 N–H and O–H groups in total. The number of halogens is 1. The molecule has 0 fully saturated rings. The van der Waals surface area contributed by atoms with Crippen molar-refractivity contribution in [3.63, 3.8) is 0 Å². The molecule has 1 heterocycles. The molecule has 100 valence electrons. The van der Waals surface area contributed by atoms with Crippen LogP contribution < -0.4 is 5.32 Å². The molecule has 0 radical (unpaired) electrons. The van der Waals surface area contributed by atoms with Gasteiger partial charge in [-0.15, -0.1) is 0 Å². The van der Waals surface area contributed by atoms with Gasteiger partial charge in [-0.3, -0.25) is 0 Å². The number of nitrogens with one attached hydrogen (secondary N) is 1. The van der Waals surface area contributed by atoms with Crippen LogP contribution in [0.2, 0.25) is 5.02 Å². The predicted molar refractivity (Wildman–Crippen MR) is 80.4 cm³/mol. The zero-order valence-electron chi connectivity index (χ0n) is 11.2. The van der Waals surface area contributed by atoms with E-state index in [0.29, 0.717) is 16.4 Å². The Hall–Kier alpha value is -2.05. The summed E-state index contributed by atoms with van der Waals surface area (Å²) in [7, 11) is 0. The summed E-state index contributed by atoms with van der Waals surface area (Å²) < 4.78 is 0. The summed E-state index contributed by atoms with van der Waals surface area (Å²) >= 11 is 6.22. The van der Waals surface area contributed by atoms with Crippen LogP contribution in [0.5, 0.6) is 0 Å². The molecular formula is C16H14ClN3. The minimum atomic E-state index is 0.572. The minimum absolute atomic E-state index is 0.572. The Morgan fingerprint density at radius 1 is 1.30 bits per heavy atom. The van der Waals surface area contributed by atoms with Crippen molar-refractivity contribution >= 4 is 23.1 Å². The summed E-state index contributed by atoms with van der Waals surface area (Å²) in [6, 6.07) is 9.93. The highest BCUT2D eigenvalue weighted by Gasteiger charge is 2.16. The van der Waals surface area contributed by atoms with Crippen molar-refractivity contribution in [2.75, 3.05) is 5.32 Å². The molecule has 0 unspecified atom stereocenters. The summed E-state index contributed by atoms with van der Waals surface area (Å²) in [4.78, 5) is 4.59. The fourth-order valence-electron chi connectivity index (χ4n) is 2.50. The number of nitriles is 1. The molecule has 0 aliphatic heterocycles. The summed E-state index contributed by atoms with van der Waals surface area (Å²) in [5.74, 6) is 0.596. The van der Waals surface area contributed by atoms with Crippen LogP contribution in [0.25, 0.3) is 0 Å². The highest BCUT2D eigenvalue weighted by molar-refractivity contribution is 6.33. The third-order valence-electron chi connectivity index (χ3n) is 3.55. The molecule has 0 bridgehead atoms. The second kappa shape index (κ2) is 5.15. The Morgan fingerprint density at radius 3 is 2.90 bits per heavy atom. The van der Waals surface area contributed by atoms with Crippen molar-refractivity contribution in [1.82, 2.24) is 4.98 Å². The first-order chi connectivity index (χ1) is 9.67. The average molecular weight is 284 g/mol. The first-order valence-corrected chi connectivity index (χ1v) is 7.01. The van der Waals surface area contributed by atoms with Gasteiger partial charge < -0.3 is 5.32 Å². The topological polar surface area (TPSA) is 48.7 Å². The fraction of sp³-hybridized carbons (Fsp3) is 0.250. The lowest BCUT2D eigenvalue weighted by molar-refractivity contribution is 0.900. The van der Waals surface area contributed by atoms with E-state index in [2.05, 4.69) is 16.4 Å². The number of aryl methyl sites for hydroxylation is 3. The van der Waals surface area contributed by atoms with Crippen molar-refractivity contribution < 1.29 is 0 Å². The SMILES string of the molecule is Cc1ccc(Nc2nc3c(cc2C#N)CCC3)c(Cl)c1. The Bertz CT molecular complexity index is 716. The molecule has 20 heavy (non-hydrogen) atoms. The molecule has 0 amide bonds. The first kappa shape index (κ1) is 13.0. The summed E-state index contributed by atoms with van der Waals surface area (Å²) in [5.41, 5.74) is 4.74. The van der Waals surface area contributed by atoms with E-state index >= 15 is 0 Å². The van der Waals surface area contributed by atoms with E-state index in [4.69, 9.17) is 11.6 Å². The van der Waals surface area contributed by atoms with Crippen molar-refractivity contribution in [3.05, 3.63) is 51.7 Å². The van der Waals surface area contributed by atoms with Gasteiger partial charge in [-0.05, 0) is 55.5 Å². The van der Waals surface area contributed by atoms with Crippen molar-refractivity contribution in [1.29, 1.82) is 5.26 Å². The normalized spacial score (nSPS) is 12.8. The highest BCUT2D eigenvalue weighted by atomic mass is 35.5. The second-order valence-corrected chi connectivity index (χ2v) is 5.47. The van der Waals surface area contributed by atoms with Gasteiger partial charge in [0.15, 0.2) is 0 Å². The number of fused-ring (bicyclic) bond motifs is 1. The molecule has 2 aromatic rings. The van der Waals surface area contributed by atoms with Crippen LogP contribution >= 0.6 is 11.6 Å². The van der Waals surface area contributed by atoms with E-state index in [1.165, 1.54) is 5.56 Å². The molecule has 1 aliphatic carbocycles. The molecule has 4 heteroatoms. The van der Waals surface area contributed by atoms with Crippen molar-refractivity contribution in [3.8, 4) is 6.07 Å². The van der Waals surface area contributed by atoms with Crippen molar-refractivity contribution in [2.24, 2.45) is 0 Å². The lowest BCUT2D eigenvalue weighted by Crippen LogP contribution is -2.01. The van der Waals surface area contributed by atoms with Gasteiger partial charge in [0, 0.05) is 5.69 Å². The predicted octanol–water partition coefficient (Wildman–Crippen LogP) is 4.15. The molecule has 0 saturated carbocycles. The van der Waals surface area contributed by atoms with Crippen LogP contribution in [0.4, 0.5) is 11.5 Å². The van der Waals surface area contributed by atoms with Crippen LogP contribution in [0, 0.1) is 18.3 Å². The van der Waals surface area contributed by atoms with E-state index in [9.17, 15) is 5.26 Å². The number of pyridine rings is 1. The summed E-state index contributed by atoms with van der Waals surface area (Å²) in [6.45, 7) is 1.99. The van der Waals surface area contributed by atoms with Crippen LogP contribution in [0.15, 0.2) is 24.3 Å². The van der Waals surface area contributed by atoms with Crippen LogP contribution in [-0.4, -0.2) is 4.98 Å². The van der Waals surface area contributed by atoms with E-state index < -0.39 is 0 Å². The Labute approximate surface area is 123 Å². The highest BCUT2D eigenvalue weighted by Crippen LogP contribution is 2.30. The number of benzene rings is 1. The van der Waals surface area contributed by atoms with Gasteiger partial charge in [-0.2, -0.15) is 5.26 Å². The summed E-state index contributed by atoms with van der Waals surface area (Å²) in [5, 5.41) is 13.1. The van der Waals surface area contributed by atoms with Gasteiger partial charge in [0.1, 0.15) is 11.9 Å². The largest absolute Gasteiger partial charge is 0.338 e. The van der Waals surface area contributed by atoms with Gasteiger partial charge >= 0.3 is 0 Å². The maximum absolute atomic E-state index is 9.28. The molecule has 0 spiro atoms. The molecule has 0 atom stereocenters. The molecule has 1 aromatic carbocycles. The van der Waals surface area contributed by atoms with E-state index in [1.807, 2.05) is 31.2 Å². The van der Waals surface area contributed by atoms with Crippen molar-refractivity contribution in [2.45, 2.75) is 26.2 Å². The quantitative estimate of drug-likeness (QED) is 0.901. The van der Waals surface area contributed by atoms with E-state index in [0.717, 1.165) is 36.2 Å². The zero-order chi connectivity index (χ0) is 14.1. The van der Waals surface area contributed by atoms with Crippen LogP contribution in [0.1, 0.15) is 28.8 Å². The van der Waals surface area contributed by atoms with Gasteiger partial charge in [-0.25, -0.2) is 4.98 Å². The Kier molecular flexibility index (Phi) is 3.33. The number of aromatic nitrogens is 1. The Morgan fingerprint density at radius 2 is 2.15 bits per heavy atom. The summed E-state index contributed by atoms with van der Waals surface area (Å²) in [6.07, 6.45) is 3.11. The molecule has 3 rings (SSSR count). The van der Waals surface area contributed by atoms with Crippen LogP contribution in [0.3, 0.4) is 0 Å². The minimum Gasteiger partial charge on any atom is -0.338 e. The van der Waals surface area contributed by atoms with Gasteiger partial charge in [-0.1, -0.05) is 17.7 Å². The number of rotatable bonds is 2. The molecular weight excluding hydrogens is 270 g/mol. The zero-order valence-corrected chi connectivity index (χ0v) is 12.0. The lowest BCUT2D eigenvalue weighted by Gasteiger charge is -2.11. The monoisotopic (exact) mass is 283 g/mol. The second-order valence-electron chi connectivity index (χ2n) is 5.06. The van der Waals surface area contributed by atoms with Gasteiger partial charge in [0.25, 0.3) is 0 Å². The molecule has 1 aromatic heterocycles. The van der Waals surface area contributed by atoms with E-state index in [-0.39, 0.29) is 0 Å². The van der Waals surface area contributed by atoms with Crippen LogP contribution in [-0.2, 0) is 12.8 Å². The maximum Gasteiger partial charge on any atom is 0.148 e. The van der Waals surface area contributed by atoms with E-state index in [1.54, 1.807) is 0 Å². The third kappa shape index (κ3) is 2.35. The molecule has 0 saturated heterocycles. The average Bonchev–Trinajstić information content (AvgIpc) is 2.88. The smallest absolute Gasteiger partial charge is 0.148 e. The maximum atomic E-state index is 9.28. The lowest BCUT2D eigenvalue weighted by atomic mass is 10.1. The standard InChI is InChI=1S/C16H14ClN3/c1-10-5-6-15(13(17)7-10)20-16-12(9-18)8-11-3-2-4-14(11)19-16/h5-8H,2-4H2,1H3,(H,19,20).